The largest absolute Gasteiger partial charge is 0.574 e. The molecule has 0 fully saturated rings. The van der Waals surface area contributed by atoms with Crippen LogP contribution in [0.5, 0.6) is 5.88 Å². The first-order valence-electron chi connectivity index (χ1n) is 3.99. The van der Waals surface area contributed by atoms with E-state index in [1.807, 2.05) is 0 Å². The van der Waals surface area contributed by atoms with E-state index in [0.29, 0.717) is 6.07 Å². The normalized spacial score (nSPS) is 11.4. The molecule has 1 rings (SSSR count). The van der Waals surface area contributed by atoms with Crippen LogP contribution in [0.4, 0.5) is 17.6 Å². The van der Waals surface area contributed by atoms with Crippen LogP contribution in [0.3, 0.4) is 0 Å². The first kappa shape index (κ1) is 13.5. The molecular weight excluding hydrogens is 270 g/mol. The number of carboxylic acid groups (broad SMARTS) is 1. The summed E-state index contributed by atoms with van der Waals surface area (Å²) in [5.41, 5.74) is -1.42. The summed E-state index contributed by atoms with van der Waals surface area (Å²) in [6, 6.07) is 0.317. The summed E-state index contributed by atoms with van der Waals surface area (Å²) >= 11 is 5.26. The molecule has 0 amide bonds. The summed E-state index contributed by atoms with van der Waals surface area (Å²) in [6.45, 7) is 0. The van der Waals surface area contributed by atoms with Crippen molar-refractivity contribution in [1.82, 2.24) is 4.98 Å². The number of pyridine rings is 1. The molecule has 0 aliphatic heterocycles. The Bertz CT molecular complexity index is 449. The highest BCUT2D eigenvalue weighted by Gasteiger charge is 2.33. The number of carboxylic acids is 1. The second kappa shape index (κ2) is 4.74. The summed E-state index contributed by atoms with van der Waals surface area (Å²) in [5.74, 6) is -4.66. The van der Waals surface area contributed by atoms with E-state index in [1.165, 1.54) is 0 Å². The fourth-order valence-electron chi connectivity index (χ4n) is 0.993. The van der Waals surface area contributed by atoms with Crippen LogP contribution in [0.25, 0.3) is 0 Å². The van der Waals surface area contributed by atoms with Gasteiger partial charge >= 0.3 is 12.3 Å². The second-order valence-corrected chi connectivity index (χ2v) is 3.02. The second-order valence-electron chi connectivity index (χ2n) is 2.76. The fraction of sp³-hybridized carbons (Fsp3) is 0.250. The molecule has 0 unspecified atom stereocenters. The predicted molar refractivity (Wildman–Crippen MR) is 47.4 cm³/mol. The molecule has 0 radical (unpaired) electrons. The van der Waals surface area contributed by atoms with Gasteiger partial charge in [-0.25, -0.2) is 14.2 Å². The first-order chi connectivity index (χ1) is 7.74. The van der Waals surface area contributed by atoms with Gasteiger partial charge in [-0.05, 0) is 0 Å². The van der Waals surface area contributed by atoms with Gasteiger partial charge in [-0.15, -0.1) is 24.8 Å². The molecule has 0 aliphatic carbocycles. The van der Waals surface area contributed by atoms with Crippen molar-refractivity contribution >= 4 is 17.6 Å². The van der Waals surface area contributed by atoms with Crippen molar-refractivity contribution < 1.29 is 32.2 Å². The van der Waals surface area contributed by atoms with Gasteiger partial charge in [-0.2, -0.15) is 0 Å². The SMILES string of the molecule is O=C(O)c1nc(OC(F)(F)F)cc(F)c1CCl. The van der Waals surface area contributed by atoms with Crippen LogP contribution in [0, 0.1) is 5.82 Å². The molecule has 0 saturated carbocycles. The number of ether oxygens (including phenoxy) is 1. The Morgan fingerprint density at radius 1 is 1.53 bits per heavy atom. The van der Waals surface area contributed by atoms with Crippen molar-refractivity contribution in [3.8, 4) is 5.88 Å². The third-order valence-corrected chi connectivity index (χ3v) is 1.87. The Morgan fingerprint density at radius 2 is 2.12 bits per heavy atom. The Morgan fingerprint density at radius 3 is 2.53 bits per heavy atom. The lowest BCUT2D eigenvalue weighted by molar-refractivity contribution is -0.276. The van der Waals surface area contributed by atoms with Crippen LogP contribution >= 0.6 is 11.6 Å². The summed E-state index contributed by atoms with van der Waals surface area (Å²) in [6.07, 6.45) is -5.09. The number of nitrogens with zero attached hydrogens (tertiary/aromatic N) is 1. The van der Waals surface area contributed by atoms with Crippen molar-refractivity contribution in [3.05, 3.63) is 23.1 Å². The molecule has 17 heavy (non-hydrogen) atoms. The maximum absolute atomic E-state index is 13.2. The zero-order valence-corrected chi connectivity index (χ0v) is 8.64. The number of alkyl halides is 4. The Hall–Kier alpha value is -1.57. The third-order valence-electron chi connectivity index (χ3n) is 1.60. The summed E-state index contributed by atoms with van der Waals surface area (Å²) < 4.78 is 52.0. The lowest BCUT2D eigenvalue weighted by atomic mass is 10.2. The van der Waals surface area contributed by atoms with Gasteiger partial charge in [0.05, 0.1) is 5.88 Å². The van der Waals surface area contributed by atoms with E-state index in [2.05, 4.69) is 9.72 Å². The lowest BCUT2D eigenvalue weighted by Gasteiger charge is -2.10. The average molecular weight is 274 g/mol. The highest BCUT2D eigenvalue weighted by molar-refractivity contribution is 6.17. The zero-order chi connectivity index (χ0) is 13.2. The number of rotatable bonds is 3. The molecule has 94 valence electrons. The average Bonchev–Trinajstić information content (AvgIpc) is 2.13. The Kier molecular flexibility index (Phi) is 3.76. The number of aromatic nitrogens is 1. The van der Waals surface area contributed by atoms with Crippen molar-refractivity contribution in [3.63, 3.8) is 0 Å². The molecule has 1 N–H and O–H groups in total. The molecular formula is C8H4ClF4NO3. The minimum absolute atomic E-state index is 0.317. The highest BCUT2D eigenvalue weighted by atomic mass is 35.5. The number of aromatic carboxylic acids is 1. The van der Waals surface area contributed by atoms with E-state index in [-0.39, 0.29) is 0 Å². The van der Waals surface area contributed by atoms with Gasteiger partial charge < -0.3 is 9.84 Å². The van der Waals surface area contributed by atoms with E-state index < -0.39 is 41.2 Å². The van der Waals surface area contributed by atoms with E-state index in [0.717, 1.165) is 0 Å². The van der Waals surface area contributed by atoms with E-state index in [4.69, 9.17) is 16.7 Å². The number of hydrogen-bond donors (Lipinski definition) is 1. The highest BCUT2D eigenvalue weighted by Crippen LogP contribution is 2.25. The minimum Gasteiger partial charge on any atom is -0.476 e. The molecule has 0 atom stereocenters. The van der Waals surface area contributed by atoms with E-state index in [1.54, 1.807) is 0 Å². The van der Waals surface area contributed by atoms with Crippen molar-refractivity contribution in [2.75, 3.05) is 0 Å². The molecule has 0 aliphatic rings. The Labute approximate surface area is 96.8 Å². The van der Waals surface area contributed by atoms with Gasteiger partial charge in [-0.1, -0.05) is 0 Å². The topological polar surface area (TPSA) is 59.4 Å². The first-order valence-corrected chi connectivity index (χ1v) is 4.52. The maximum Gasteiger partial charge on any atom is 0.574 e. The van der Waals surface area contributed by atoms with Crippen LogP contribution < -0.4 is 4.74 Å². The number of halogens is 5. The zero-order valence-electron chi connectivity index (χ0n) is 7.89. The van der Waals surface area contributed by atoms with Gasteiger partial charge in [0.1, 0.15) is 5.82 Å². The van der Waals surface area contributed by atoms with Crippen molar-refractivity contribution in [1.29, 1.82) is 0 Å². The smallest absolute Gasteiger partial charge is 0.476 e. The molecule has 1 aromatic rings. The van der Waals surface area contributed by atoms with Gasteiger partial charge in [0.25, 0.3) is 0 Å². The molecule has 0 spiro atoms. The number of hydrogen-bond acceptors (Lipinski definition) is 3. The van der Waals surface area contributed by atoms with Gasteiger partial charge in [0, 0.05) is 11.6 Å². The third kappa shape index (κ3) is 3.45. The molecule has 1 heterocycles. The summed E-state index contributed by atoms with van der Waals surface area (Å²) in [7, 11) is 0. The monoisotopic (exact) mass is 273 g/mol. The molecule has 1 aromatic heterocycles. The number of carbonyl (C=O) groups is 1. The van der Waals surface area contributed by atoms with Crippen LogP contribution in [-0.2, 0) is 5.88 Å². The molecule has 0 saturated heterocycles. The minimum atomic E-state index is -5.09. The fourth-order valence-corrected chi connectivity index (χ4v) is 1.25. The van der Waals surface area contributed by atoms with Crippen molar-refractivity contribution in [2.45, 2.75) is 12.2 Å². The van der Waals surface area contributed by atoms with E-state index >= 15 is 0 Å². The molecule has 0 bridgehead atoms. The van der Waals surface area contributed by atoms with Crippen LogP contribution in [-0.4, -0.2) is 22.4 Å². The molecule has 9 heteroatoms. The maximum atomic E-state index is 13.2. The molecule has 0 aromatic carbocycles. The predicted octanol–water partition coefficient (Wildman–Crippen LogP) is 2.56. The summed E-state index contributed by atoms with van der Waals surface area (Å²) in [5, 5.41) is 8.62. The Balaban J connectivity index is 3.25. The summed E-state index contributed by atoms with van der Waals surface area (Å²) in [4.78, 5) is 13.6. The van der Waals surface area contributed by atoms with E-state index in [9.17, 15) is 22.4 Å². The van der Waals surface area contributed by atoms with Crippen LogP contribution in [0.1, 0.15) is 16.1 Å². The van der Waals surface area contributed by atoms with Crippen molar-refractivity contribution in [2.24, 2.45) is 0 Å². The van der Waals surface area contributed by atoms with Gasteiger partial charge in [0.2, 0.25) is 5.88 Å². The van der Waals surface area contributed by atoms with Crippen LogP contribution in [0.2, 0.25) is 0 Å². The van der Waals surface area contributed by atoms with Gasteiger partial charge in [0.15, 0.2) is 5.69 Å². The molecule has 4 nitrogen and oxygen atoms in total. The van der Waals surface area contributed by atoms with Gasteiger partial charge in [-0.3, -0.25) is 0 Å². The van der Waals surface area contributed by atoms with Crippen LogP contribution in [0.15, 0.2) is 6.07 Å². The standard InChI is InChI=1S/C8H4ClF4NO3/c9-2-3-4(10)1-5(17-8(11,12)13)14-6(3)7(15)16/h1H,2H2,(H,15,16). The lowest BCUT2D eigenvalue weighted by Crippen LogP contribution is -2.19. The quantitative estimate of drug-likeness (QED) is 0.679.